The van der Waals surface area contributed by atoms with Gasteiger partial charge >= 0.3 is 0 Å². The molecule has 8 nitrogen and oxygen atoms in total. The maximum atomic E-state index is 13.8. The normalized spacial score (nSPS) is 11.3. The van der Waals surface area contributed by atoms with Crippen molar-refractivity contribution < 1.29 is 17.7 Å². The molecule has 0 atom stereocenters. The molecule has 0 spiro atoms. The number of sulfonamides is 1. The first-order chi connectivity index (χ1) is 9.33. The van der Waals surface area contributed by atoms with Crippen molar-refractivity contribution in [1.82, 2.24) is 4.72 Å². The number of hydrazine groups is 1. The maximum Gasteiger partial charge on any atom is 0.274 e. The molecule has 0 aliphatic carbocycles. The number of anilines is 1. The molecule has 0 unspecified atom stereocenters. The van der Waals surface area contributed by atoms with E-state index < -0.39 is 31.3 Å². The van der Waals surface area contributed by atoms with Crippen LogP contribution in [-0.4, -0.2) is 19.9 Å². The first kappa shape index (κ1) is 16.3. The molecule has 1 rings (SSSR count). The van der Waals surface area contributed by atoms with Gasteiger partial charge in [0.05, 0.1) is 16.7 Å². The van der Waals surface area contributed by atoms with Gasteiger partial charge in [-0.1, -0.05) is 13.3 Å². The number of nitrogen functional groups attached to an aromatic ring is 1. The Morgan fingerprint density at radius 2 is 2.10 bits per heavy atom. The van der Waals surface area contributed by atoms with Gasteiger partial charge in [0.1, 0.15) is 4.90 Å². The van der Waals surface area contributed by atoms with E-state index in [2.05, 4.69) is 4.72 Å². The molecular formula is C10H15FN4O4S. The Bertz CT molecular complexity index is 606. The number of nitrogens with two attached hydrogens (primary N) is 1. The van der Waals surface area contributed by atoms with Gasteiger partial charge < -0.3 is 5.43 Å². The van der Waals surface area contributed by atoms with Crippen molar-refractivity contribution in [2.24, 2.45) is 5.84 Å². The van der Waals surface area contributed by atoms with Gasteiger partial charge in [-0.25, -0.2) is 17.5 Å². The van der Waals surface area contributed by atoms with Crippen LogP contribution in [0.4, 0.5) is 15.8 Å². The van der Waals surface area contributed by atoms with E-state index in [1.807, 2.05) is 12.3 Å². The average molecular weight is 306 g/mol. The van der Waals surface area contributed by atoms with Crippen LogP contribution in [0.25, 0.3) is 0 Å². The van der Waals surface area contributed by atoms with E-state index in [-0.39, 0.29) is 12.2 Å². The van der Waals surface area contributed by atoms with E-state index >= 15 is 0 Å². The van der Waals surface area contributed by atoms with Gasteiger partial charge in [0.2, 0.25) is 10.0 Å². The Hall–Kier alpha value is -1.78. The lowest BCUT2D eigenvalue weighted by Crippen LogP contribution is -2.27. The van der Waals surface area contributed by atoms with Crippen LogP contribution in [0.3, 0.4) is 0 Å². The van der Waals surface area contributed by atoms with Gasteiger partial charge in [-0.2, -0.15) is 0 Å². The summed E-state index contributed by atoms with van der Waals surface area (Å²) in [6.45, 7) is 2.01. The number of nitro groups is 1. The van der Waals surface area contributed by atoms with Crippen molar-refractivity contribution in [2.45, 2.75) is 24.7 Å². The van der Waals surface area contributed by atoms with Crippen LogP contribution >= 0.6 is 0 Å². The molecule has 0 radical (unpaired) electrons. The highest BCUT2D eigenvalue weighted by Gasteiger charge is 2.26. The number of nitrogens with one attached hydrogen (secondary N) is 2. The van der Waals surface area contributed by atoms with Crippen LogP contribution in [-0.2, 0) is 10.0 Å². The molecule has 0 aliphatic rings. The second-order valence-corrected chi connectivity index (χ2v) is 5.66. The molecule has 0 saturated carbocycles. The molecule has 0 amide bonds. The number of unbranched alkanes of at least 4 members (excludes halogenated alkanes) is 1. The number of nitrogens with zero attached hydrogens (tertiary/aromatic N) is 1. The van der Waals surface area contributed by atoms with Crippen molar-refractivity contribution in [2.75, 3.05) is 12.0 Å². The van der Waals surface area contributed by atoms with Crippen molar-refractivity contribution in [1.29, 1.82) is 0 Å². The molecule has 20 heavy (non-hydrogen) atoms. The number of halogens is 1. The van der Waals surface area contributed by atoms with E-state index in [0.717, 1.165) is 12.5 Å². The fraction of sp³-hybridized carbons (Fsp3) is 0.400. The fourth-order valence-corrected chi connectivity index (χ4v) is 2.80. The van der Waals surface area contributed by atoms with Crippen LogP contribution < -0.4 is 16.0 Å². The summed E-state index contributed by atoms with van der Waals surface area (Å²) in [6.07, 6.45) is 1.34. The average Bonchev–Trinajstić information content (AvgIpc) is 2.37. The topological polar surface area (TPSA) is 127 Å². The summed E-state index contributed by atoms with van der Waals surface area (Å²) in [5.74, 6) is 3.87. The molecule has 1 aromatic carbocycles. The van der Waals surface area contributed by atoms with E-state index in [0.29, 0.717) is 12.5 Å². The fourth-order valence-electron chi connectivity index (χ4n) is 1.52. The van der Waals surface area contributed by atoms with Gasteiger partial charge in [-0.05, 0) is 6.42 Å². The smallest absolute Gasteiger partial charge is 0.274 e. The van der Waals surface area contributed by atoms with Crippen LogP contribution in [0.2, 0.25) is 0 Å². The van der Waals surface area contributed by atoms with Crippen molar-refractivity contribution in [3.63, 3.8) is 0 Å². The number of benzene rings is 1. The van der Waals surface area contributed by atoms with E-state index in [1.165, 1.54) is 0 Å². The van der Waals surface area contributed by atoms with Crippen LogP contribution in [0, 0.1) is 15.9 Å². The highest BCUT2D eigenvalue weighted by Crippen LogP contribution is 2.29. The largest absolute Gasteiger partial charge is 0.323 e. The van der Waals surface area contributed by atoms with Gasteiger partial charge in [0.25, 0.3) is 5.69 Å². The minimum absolute atomic E-state index is 0.138. The van der Waals surface area contributed by atoms with Crippen molar-refractivity contribution >= 4 is 21.4 Å². The predicted molar refractivity (Wildman–Crippen MR) is 71.0 cm³/mol. The zero-order valence-electron chi connectivity index (χ0n) is 10.7. The molecule has 0 aliphatic heterocycles. The predicted octanol–water partition coefficient (Wildman–Crippen LogP) is 1.10. The summed E-state index contributed by atoms with van der Waals surface area (Å²) in [4.78, 5) is 9.02. The third-order valence-electron chi connectivity index (χ3n) is 2.49. The quantitative estimate of drug-likeness (QED) is 0.299. The molecule has 112 valence electrons. The lowest BCUT2D eigenvalue weighted by Gasteiger charge is -2.11. The molecule has 1 aromatic rings. The Balaban J connectivity index is 3.26. The maximum absolute atomic E-state index is 13.8. The first-order valence-corrected chi connectivity index (χ1v) is 7.26. The molecule has 0 heterocycles. The van der Waals surface area contributed by atoms with Crippen molar-refractivity contribution in [3.05, 3.63) is 28.1 Å². The summed E-state index contributed by atoms with van der Waals surface area (Å²) in [5, 5.41) is 10.6. The minimum atomic E-state index is -4.14. The molecule has 0 bridgehead atoms. The van der Waals surface area contributed by atoms with Gasteiger partial charge in [0.15, 0.2) is 5.82 Å². The molecule has 0 saturated heterocycles. The summed E-state index contributed by atoms with van der Waals surface area (Å²) >= 11 is 0. The minimum Gasteiger partial charge on any atom is -0.323 e. The SMILES string of the molecule is CCCCNS(=O)(=O)c1c(F)cc([N+](=O)[O-])cc1NN. The number of hydrogen-bond donors (Lipinski definition) is 3. The zero-order chi connectivity index (χ0) is 15.3. The van der Waals surface area contributed by atoms with E-state index in [1.54, 1.807) is 0 Å². The monoisotopic (exact) mass is 306 g/mol. The standard InChI is InChI=1S/C10H15FN4O4S/c1-2-3-4-13-20(18,19)10-8(11)5-7(15(16)17)6-9(10)14-12/h5-6,13-14H,2-4,12H2,1H3. The Labute approximate surface area is 115 Å². The highest BCUT2D eigenvalue weighted by atomic mass is 32.2. The third-order valence-corrected chi connectivity index (χ3v) is 4.02. The second-order valence-electron chi connectivity index (χ2n) is 3.96. The summed E-state index contributed by atoms with van der Waals surface area (Å²) < 4.78 is 40.0. The molecule has 0 aromatic heterocycles. The molecule has 10 heteroatoms. The lowest BCUT2D eigenvalue weighted by atomic mass is 10.3. The van der Waals surface area contributed by atoms with Gasteiger partial charge in [-0.15, -0.1) is 0 Å². The second kappa shape index (κ2) is 6.59. The van der Waals surface area contributed by atoms with Gasteiger partial charge in [0, 0.05) is 12.6 Å². The summed E-state index contributed by atoms with van der Waals surface area (Å²) in [7, 11) is -4.14. The van der Waals surface area contributed by atoms with Crippen LogP contribution in [0.15, 0.2) is 17.0 Å². The summed E-state index contributed by atoms with van der Waals surface area (Å²) in [5.41, 5.74) is 0.996. The van der Waals surface area contributed by atoms with E-state index in [9.17, 15) is 22.9 Å². The van der Waals surface area contributed by atoms with Crippen molar-refractivity contribution in [3.8, 4) is 0 Å². The van der Waals surface area contributed by atoms with Gasteiger partial charge in [-0.3, -0.25) is 16.0 Å². The Morgan fingerprint density at radius 1 is 1.45 bits per heavy atom. The number of non-ortho nitro benzene ring substituents is 1. The summed E-state index contributed by atoms with van der Waals surface area (Å²) in [6, 6.07) is 1.40. The Morgan fingerprint density at radius 3 is 2.60 bits per heavy atom. The third kappa shape index (κ3) is 3.62. The molecule has 0 fully saturated rings. The Kier molecular flexibility index (Phi) is 5.36. The van der Waals surface area contributed by atoms with E-state index in [4.69, 9.17) is 5.84 Å². The number of hydrogen-bond acceptors (Lipinski definition) is 6. The zero-order valence-corrected chi connectivity index (χ0v) is 11.5. The first-order valence-electron chi connectivity index (χ1n) is 5.77. The number of rotatable bonds is 7. The molecule has 4 N–H and O–H groups in total. The van der Waals surface area contributed by atoms with Crippen LogP contribution in [0.5, 0.6) is 0 Å². The van der Waals surface area contributed by atoms with Crippen LogP contribution in [0.1, 0.15) is 19.8 Å². The number of nitro benzene ring substituents is 1. The lowest BCUT2D eigenvalue weighted by molar-refractivity contribution is -0.385. The highest BCUT2D eigenvalue weighted by molar-refractivity contribution is 7.89. The molecular weight excluding hydrogens is 291 g/mol.